The van der Waals surface area contributed by atoms with Gasteiger partial charge in [-0.15, -0.1) is 0 Å². The molecule has 0 unspecified atom stereocenters. The van der Waals surface area contributed by atoms with E-state index in [9.17, 15) is 23.6 Å². The first-order chi connectivity index (χ1) is 13.3. The van der Waals surface area contributed by atoms with E-state index in [1.165, 1.54) is 6.07 Å². The number of urea groups is 1. The van der Waals surface area contributed by atoms with Gasteiger partial charge < -0.3 is 16.4 Å². The van der Waals surface area contributed by atoms with Crippen LogP contribution in [0.3, 0.4) is 0 Å². The van der Waals surface area contributed by atoms with Gasteiger partial charge in [-0.2, -0.15) is 0 Å². The molecular formula is C19H23FN4O4. The number of benzene rings is 1. The van der Waals surface area contributed by atoms with E-state index in [0.29, 0.717) is 18.8 Å². The number of nitrogens with two attached hydrogens (primary N) is 1. The van der Waals surface area contributed by atoms with Crippen molar-refractivity contribution in [2.24, 2.45) is 11.7 Å². The van der Waals surface area contributed by atoms with Crippen LogP contribution in [0, 0.1) is 11.7 Å². The number of carbonyl (C=O) groups is 4. The molecule has 1 saturated carbocycles. The molecule has 2 aliphatic rings. The van der Waals surface area contributed by atoms with Gasteiger partial charge in [0.25, 0.3) is 11.8 Å². The maximum absolute atomic E-state index is 13.5. The largest absolute Gasteiger partial charge is 0.366 e. The van der Waals surface area contributed by atoms with Gasteiger partial charge in [0.2, 0.25) is 5.91 Å². The van der Waals surface area contributed by atoms with Gasteiger partial charge in [0, 0.05) is 5.69 Å². The van der Waals surface area contributed by atoms with Crippen molar-refractivity contribution < 1.29 is 23.6 Å². The Morgan fingerprint density at radius 3 is 2.61 bits per heavy atom. The van der Waals surface area contributed by atoms with Crippen molar-refractivity contribution >= 4 is 29.4 Å². The summed E-state index contributed by atoms with van der Waals surface area (Å²) in [7, 11) is 0. The van der Waals surface area contributed by atoms with E-state index in [1.54, 1.807) is 0 Å². The molecule has 150 valence electrons. The lowest BCUT2D eigenvalue weighted by molar-refractivity contribution is -0.135. The zero-order chi connectivity index (χ0) is 20.5. The molecule has 8 nitrogen and oxygen atoms in total. The summed E-state index contributed by atoms with van der Waals surface area (Å²) in [5, 5.41) is 5.21. The SMILES string of the molecule is CCC1CCC2(CC1)NC(=O)N(CC(=O)Nc1ccc(F)c(C(N)=O)c1)C2=O. The predicted octanol–water partition coefficient (Wildman–Crippen LogP) is 1.75. The zero-order valence-electron chi connectivity index (χ0n) is 15.6. The molecule has 1 heterocycles. The molecule has 1 aliphatic carbocycles. The molecule has 0 bridgehead atoms. The molecule has 0 aromatic heterocycles. The van der Waals surface area contributed by atoms with E-state index in [1.807, 2.05) is 0 Å². The van der Waals surface area contributed by atoms with Crippen molar-refractivity contribution in [3.63, 3.8) is 0 Å². The Labute approximate surface area is 161 Å². The van der Waals surface area contributed by atoms with Crippen LogP contribution < -0.4 is 16.4 Å². The summed E-state index contributed by atoms with van der Waals surface area (Å²) in [6, 6.07) is 2.78. The second-order valence-electron chi connectivity index (χ2n) is 7.36. The third-order valence-corrected chi connectivity index (χ3v) is 5.60. The number of nitrogens with zero attached hydrogens (tertiary/aromatic N) is 1. The minimum Gasteiger partial charge on any atom is -0.366 e. The number of primary amides is 1. The van der Waals surface area contributed by atoms with Gasteiger partial charge in [-0.3, -0.25) is 19.3 Å². The molecule has 2 fully saturated rings. The third kappa shape index (κ3) is 3.69. The first kappa shape index (κ1) is 19.8. The second-order valence-corrected chi connectivity index (χ2v) is 7.36. The zero-order valence-corrected chi connectivity index (χ0v) is 15.6. The lowest BCUT2D eigenvalue weighted by Crippen LogP contribution is -2.49. The molecular weight excluding hydrogens is 367 g/mol. The maximum Gasteiger partial charge on any atom is 0.325 e. The summed E-state index contributed by atoms with van der Waals surface area (Å²) in [6.45, 7) is 1.64. The number of halogens is 1. The number of imide groups is 1. The molecule has 1 aromatic rings. The number of rotatable bonds is 5. The second kappa shape index (κ2) is 7.57. The Balaban J connectivity index is 1.66. The summed E-state index contributed by atoms with van der Waals surface area (Å²) >= 11 is 0. The number of anilines is 1. The summed E-state index contributed by atoms with van der Waals surface area (Å²) in [5.74, 6) is -2.24. The number of hydrogen-bond acceptors (Lipinski definition) is 4. The van der Waals surface area contributed by atoms with Crippen LogP contribution in [0.4, 0.5) is 14.9 Å². The quantitative estimate of drug-likeness (QED) is 0.663. The minimum atomic E-state index is -0.965. The van der Waals surface area contributed by atoms with E-state index < -0.39 is 35.7 Å². The number of carbonyl (C=O) groups excluding carboxylic acids is 4. The summed E-state index contributed by atoms with van der Waals surface area (Å²) in [6.07, 6.45) is 3.87. The summed E-state index contributed by atoms with van der Waals surface area (Å²) < 4.78 is 13.5. The average molecular weight is 390 g/mol. The van der Waals surface area contributed by atoms with E-state index in [0.717, 1.165) is 36.3 Å². The van der Waals surface area contributed by atoms with Gasteiger partial charge in [-0.05, 0) is 49.8 Å². The number of nitrogens with one attached hydrogen (secondary N) is 2. The highest BCUT2D eigenvalue weighted by Crippen LogP contribution is 2.37. The van der Waals surface area contributed by atoms with E-state index in [4.69, 9.17) is 5.73 Å². The fourth-order valence-electron chi connectivity index (χ4n) is 3.87. The van der Waals surface area contributed by atoms with E-state index in [-0.39, 0.29) is 17.2 Å². The maximum atomic E-state index is 13.5. The van der Waals surface area contributed by atoms with Gasteiger partial charge in [0.05, 0.1) is 5.56 Å². The van der Waals surface area contributed by atoms with Crippen molar-refractivity contribution in [2.45, 2.75) is 44.6 Å². The van der Waals surface area contributed by atoms with Crippen molar-refractivity contribution in [2.75, 3.05) is 11.9 Å². The van der Waals surface area contributed by atoms with Crippen LogP contribution in [0.1, 0.15) is 49.4 Å². The first-order valence-electron chi connectivity index (χ1n) is 9.29. The normalized spacial score (nSPS) is 24.4. The van der Waals surface area contributed by atoms with Crippen molar-refractivity contribution in [3.05, 3.63) is 29.6 Å². The van der Waals surface area contributed by atoms with Gasteiger partial charge in [-0.1, -0.05) is 13.3 Å². The third-order valence-electron chi connectivity index (χ3n) is 5.60. The fraction of sp³-hybridized carbons (Fsp3) is 0.474. The van der Waals surface area contributed by atoms with Crippen molar-refractivity contribution in [1.29, 1.82) is 0 Å². The Morgan fingerprint density at radius 2 is 2.00 bits per heavy atom. The Kier molecular flexibility index (Phi) is 5.35. The Morgan fingerprint density at radius 1 is 1.32 bits per heavy atom. The highest BCUT2D eigenvalue weighted by Gasteiger charge is 2.52. The number of hydrogen-bond donors (Lipinski definition) is 3. The van der Waals surface area contributed by atoms with E-state index in [2.05, 4.69) is 17.6 Å². The standard InChI is InChI=1S/C19H23FN4O4/c1-2-11-5-7-19(8-6-11)17(27)24(18(28)23-19)10-15(25)22-12-3-4-14(20)13(9-12)16(21)26/h3-4,9,11H,2,5-8,10H2,1H3,(H2,21,26)(H,22,25)(H,23,28). The molecule has 3 rings (SSSR count). The lowest BCUT2D eigenvalue weighted by Gasteiger charge is -2.34. The van der Waals surface area contributed by atoms with Crippen LogP contribution in [0.5, 0.6) is 0 Å². The molecule has 0 atom stereocenters. The van der Waals surface area contributed by atoms with E-state index >= 15 is 0 Å². The molecule has 1 saturated heterocycles. The summed E-state index contributed by atoms with van der Waals surface area (Å²) in [4.78, 5) is 49.5. The van der Waals surface area contributed by atoms with Gasteiger partial charge in [0.1, 0.15) is 17.9 Å². The highest BCUT2D eigenvalue weighted by molar-refractivity contribution is 6.10. The molecule has 4 N–H and O–H groups in total. The Bertz CT molecular complexity index is 833. The van der Waals surface area contributed by atoms with Crippen LogP contribution >= 0.6 is 0 Å². The molecule has 5 amide bonds. The van der Waals surface area contributed by atoms with Crippen LogP contribution in [0.25, 0.3) is 0 Å². The molecule has 0 radical (unpaired) electrons. The Hall–Kier alpha value is -2.97. The van der Waals surface area contributed by atoms with Crippen LogP contribution in [0.15, 0.2) is 18.2 Å². The fourth-order valence-corrected chi connectivity index (χ4v) is 3.87. The molecule has 1 aliphatic heterocycles. The van der Waals surface area contributed by atoms with Crippen LogP contribution in [0.2, 0.25) is 0 Å². The molecule has 1 spiro atoms. The van der Waals surface area contributed by atoms with Gasteiger partial charge >= 0.3 is 6.03 Å². The molecule has 9 heteroatoms. The van der Waals surface area contributed by atoms with Crippen molar-refractivity contribution in [1.82, 2.24) is 10.2 Å². The summed E-state index contributed by atoms with van der Waals surface area (Å²) in [5.41, 5.74) is 3.95. The highest BCUT2D eigenvalue weighted by atomic mass is 19.1. The predicted molar refractivity (Wildman–Crippen MR) is 98.8 cm³/mol. The molecule has 28 heavy (non-hydrogen) atoms. The van der Waals surface area contributed by atoms with Crippen LogP contribution in [-0.2, 0) is 9.59 Å². The smallest absolute Gasteiger partial charge is 0.325 e. The lowest BCUT2D eigenvalue weighted by atomic mass is 9.75. The van der Waals surface area contributed by atoms with Gasteiger partial charge in [0.15, 0.2) is 0 Å². The first-order valence-corrected chi connectivity index (χ1v) is 9.29. The minimum absolute atomic E-state index is 0.144. The average Bonchev–Trinajstić information content (AvgIpc) is 2.88. The van der Waals surface area contributed by atoms with Crippen LogP contribution in [-0.4, -0.2) is 40.7 Å². The monoisotopic (exact) mass is 390 g/mol. The molecule has 1 aromatic carbocycles. The topological polar surface area (TPSA) is 122 Å². The van der Waals surface area contributed by atoms with Crippen molar-refractivity contribution in [3.8, 4) is 0 Å². The number of amides is 5. The van der Waals surface area contributed by atoms with Gasteiger partial charge in [-0.25, -0.2) is 9.18 Å².